The third-order valence-corrected chi connectivity index (χ3v) is 7.29. The molecule has 0 spiro atoms. The number of carbonyl (C=O) groups excluding carboxylic acids is 2. The third-order valence-electron chi connectivity index (χ3n) is 7.29. The van der Waals surface area contributed by atoms with Crippen LogP contribution in [0.2, 0.25) is 0 Å². The van der Waals surface area contributed by atoms with Crippen molar-refractivity contribution in [2.75, 3.05) is 7.05 Å². The molecule has 0 aliphatic rings. The molecule has 0 radical (unpaired) electrons. The molecule has 2 aromatic rings. The molecule has 3 atom stereocenters. The number of hydrogen-bond donors (Lipinski definition) is 3. The van der Waals surface area contributed by atoms with Crippen LogP contribution >= 0.6 is 0 Å². The van der Waals surface area contributed by atoms with Crippen LogP contribution in [0.4, 0.5) is 0 Å². The summed E-state index contributed by atoms with van der Waals surface area (Å²) in [5.41, 5.74) is 7.42. The molecule has 8 nitrogen and oxygen atoms in total. The monoisotopic (exact) mass is 512 g/mol. The average Bonchev–Trinajstić information content (AvgIpc) is 3.15. The van der Waals surface area contributed by atoms with Crippen molar-refractivity contribution in [1.29, 1.82) is 0 Å². The largest absolute Gasteiger partial charge is 0.478 e. The second kappa shape index (κ2) is 11.1. The van der Waals surface area contributed by atoms with E-state index in [1.54, 1.807) is 13.1 Å². The molecule has 0 aliphatic carbocycles. The van der Waals surface area contributed by atoms with Gasteiger partial charge in [-0.1, -0.05) is 72.7 Å². The maximum atomic E-state index is 13.7. The first-order chi connectivity index (χ1) is 16.9. The second-order valence-electron chi connectivity index (χ2n) is 12.0. The van der Waals surface area contributed by atoms with Gasteiger partial charge < -0.3 is 25.6 Å². The highest BCUT2D eigenvalue weighted by Crippen LogP contribution is 2.34. The number of rotatable bonds is 9. The van der Waals surface area contributed by atoms with Crippen molar-refractivity contribution >= 4 is 28.7 Å². The second-order valence-corrected chi connectivity index (χ2v) is 12.0. The van der Waals surface area contributed by atoms with Gasteiger partial charge in [0.2, 0.25) is 11.8 Å². The van der Waals surface area contributed by atoms with Crippen LogP contribution in [-0.2, 0) is 26.8 Å². The first-order valence-corrected chi connectivity index (χ1v) is 12.7. The van der Waals surface area contributed by atoms with Crippen molar-refractivity contribution in [3.63, 3.8) is 0 Å². The van der Waals surface area contributed by atoms with Gasteiger partial charge in [0.15, 0.2) is 0 Å². The fourth-order valence-corrected chi connectivity index (χ4v) is 4.66. The van der Waals surface area contributed by atoms with Crippen molar-refractivity contribution in [2.45, 2.75) is 78.9 Å². The molecule has 2 rings (SSSR count). The van der Waals surface area contributed by atoms with Gasteiger partial charge in [-0.2, -0.15) is 0 Å². The molecule has 0 bridgehead atoms. The maximum absolute atomic E-state index is 13.7. The van der Waals surface area contributed by atoms with E-state index >= 15 is 0 Å². The number of para-hydroxylation sites is 1. The Morgan fingerprint density at radius 2 is 1.68 bits per heavy atom. The summed E-state index contributed by atoms with van der Waals surface area (Å²) in [4.78, 5) is 40.2. The van der Waals surface area contributed by atoms with Crippen LogP contribution in [0.25, 0.3) is 10.9 Å². The molecule has 1 aromatic carbocycles. The number of likely N-dealkylation sites (N-methyl/N-ethyl adjacent to an activating group) is 1. The highest BCUT2D eigenvalue weighted by atomic mass is 16.4. The number of nitrogens with one attached hydrogen (secondary N) is 1. The van der Waals surface area contributed by atoms with E-state index in [2.05, 4.69) is 5.32 Å². The lowest BCUT2D eigenvalue weighted by molar-refractivity contribution is -0.140. The van der Waals surface area contributed by atoms with E-state index in [0.717, 1.165) is 16.5 Å². The van der Waals surface area contributed by atoms with Gasteiger partial charge in [-0.05, 0) is 29.9 Å². The van der Waals surface area contributed by atoms with E-state index in [1.165, 1.54) is 11.8 Å². The van der Waals surface area contributed by atoms with Crippen molar-refractivity contribution in [1.82, 2.24) is 14.8 Å². The minimum atomic E-state index is -1.03. The molecule has 8 heteroatoms. The molecule has 2 amide bonds. The molecular weight excluding hydrogens is 468 g/mol. The molecule has 0 fully saturated rings. The van der Waals surface area contributed by atoms with Gasteiger partial charge in [0.1, 0.15) is 6.04 Å². The zero-order valence-electron chi connectivity index (χ0n) is 23.9. The Labute approximate surface area is 220 Å². The first kappa shape index (κ1) is 30.1. The van der Waals surface area contributed by atoms with Gasteiger partial charge in [0.25, 0.3) is 0 Å². The maximum Gasteiger partial charge on any atom is 0.331 e. The zero-order valence-corrected chi connectivity index (χ0v) is 23.9. The summed E-state index contributed by atoms with van der Waals surface area (Å²) in [6, 6.07) is 5.74. The van der Waals surface area contributed by atoms with E-state index in [9.17, 15) is 19.5 Å². The molecule has 0 saturated heterocycles. The Bertz CT molecular complexity index is 1190. The SMILES string of the molecule is CC(=C[C@H](C(C)C)N(C)C(=O)[C@@H](NC(=O)[C@@H](N)C(C)(C)c1cn(C)c2ccccc12)C(C)(C)C)C(=O)O. The van der Waals surface area contributed by atoms with Crippen molar-refractivity contribution in [3.05, 3.63) is 47.7 Å². The Hall–Kier alpha value is -3.13. The number of hydrogen-bond acceptors (Lipinski definition) is 4. The summed E-state index contributed by atoms with van der Waals surface area (Å²) < 4.78 is 2.02. The predicted octanol–water partition coefficient (Wildman–Crippen LogP) is 3.83. The Morgan fingerprint density at radius 3 is 2.19 bits per heavy atom. The lowest BCUT2D eigenvalue weighted by Gasteiger charge is -2.39. The number of carboxylic acids is 1. The predicted molar refractivity (Wildman–Crippen MR) is 148 cm³/mol. The summed E-state index contributed by atoms with van der Waals surface area (Å²) in [5.74, 6) is -1.79. The number of benzene rings is 1. The van der Waals surface area contributed by atoms with Crippen molar-refractivity contribution in [2.24, 2.45) is 24.1 Å². The number of nitrogens with zero attached hydrogens (tertiary/aromatic N) is 2. The normalized spacial score (nSPS) is 15.4. The van der Waals surface area contributed by atoms with Gasteiger partial charge in [0.05, 0.1) is 12.1 Å². The van der Waals surface area contributed by atoms with Gasteiger partial charge in [0, 0.05) is 42.2 Å². The van der Waals surface area contributed by atoms with Crippen LogP contribution < -0.4 is 11.1 Å². The molecule has 204 valence electrons. The van der Waals surface area contributed by atoms with Gasteiger partial charge in [-0.25, -0.2) is 4.79 Å². The molecular formula is C29H44N4O4. The Morgan fingerprint density at radius 1 is 1.11 bits per heavy atom. The van der Waals surface area contributed by atoms with Crippen LogP contribution in [-0.4, -0.2) is 57.5 Å². The summed E-state index contributed by atoms with van der Waals surface area (Å²) in [5, 5.41) is 13.3. The summed E-state index contributed by atoms with van der Waals surface area (Å²) in [6.45, 7) is 14.9. The van der Waals surface area contributed by atoms with E-state index in [4.69, 9.17) is 5.73 Å². The molecule has 1 heterocycles. The number of fused-ring (bicyclic) bond motifs is 1. The fourth-order valence-electron chi connectivity index (χ4n) is 4.66. The van der Waals surface area contributed by atoms with Crippen LogP contribution in [0.15, 0.2) is 42.1 Å². The number of aliphatic carboxylic acids is 1. The zero-order chi connectivity index (χ0) is 28.5. The number of amides is 2. The molecule has 37 heavy (non-hydrogen) atoms. The number of carboxylic acid groups (broad SMARTS) is 1. The topological polar surface area (TPSA) is 118 Å². The van der Waals surface area contributed by atoms with Gasteiger partial charge in [-0.3, -0.25) is 9.59 Å². The lowest BCUT2D eigenvalue weighted by atomic mass is 9.77. The van der Waals surface area contributed by atoms with E-state index in [1.807, 2.05) is 90.5 Å². The molecule has 4 N–H and O–H groups in total. The van der Waals surface area contributed by atoms with Crippen LogP contribution in [0.5, 0.6) is 0 Å². The average molecular weight is 513 g/mol. The van der Waals surface area contributed by atoms with Crippen molar-refractivity contribution < 1.29 is 19.5 Å². The summed E-state index contributed by atoms with van der Waals surface area (Å²) in [6.07, 6.45) is 3.59. The van der Waals surface area contributed by atoms with Gasteiger partial charge in [-0.15, -0.1) is 0 Å². The van der Waals surface area contributed by atoms with E-state index in [-0.39, 0.29) is 17.4 Å². The molecule has 0 saturated carbocycles. The number of aryl methyl sites for hydroxylation is 1. The number of aromatic nitrogens is 1. The van der Waals surface area contributed by atoms with Crippen LogP contribution in [0, 0.1) is 11.3 Å². The third kappa shape index (κ3) is 6.42. The number of carbonyl (C=O) groups is 3. The minimum Gasteiger partial charge on any atom is -0.478 e. The highest BCUT2D eigenvalue weighted by Gasteiger charge is 2.41. The van der Waals surface area contributed by atoms with Gasteiger partial charge >= 0.3 is 5.97 Å². The Balaban J connectivity index is 2.38. The standard InChI is InChI=1S/C29H44N4O4/c1-17(2)22(15-18(3)27(36)37)33(10)26(35)24(28(4,5)6)31-25(34)23(30)29(7,8)20-16-32(9)21-14-12-11-13-19(20)21/h11-17,22-24H,30H2,1-10H3,(H,31,34)(H,36,37)/t22-,23-,24-/m1/s1. The van der Waals surface area contributed by atoms with Crippen LogP contribution in [0.3, 0.4) is 0 Å². The molecule has 0 aliphatic heterocycles. The fraction of sp³-hybridized carbons (Fsp3) is 0.552. The Kier molecular flexibility index (Phi) is 9.02. The smallest absolute Gasteiger partial charge is 0.331 e. The van der Waals surface area contributed by atoms with Crippen molar-refractivity contribution in [3.8, 4) is 0 Å². The quantitative estimate of drug-likeness (QED) is 0.442. The number of nitrogens with two attached hydrogens (primary N) is 1. The van der Waals surface area contributed by atoms with E-state index < -0.39 is 40.8 Å². The van der Waals surface area contributed by atoms with E-state index in [0.29, 0.717) is 0 Å². The highest BCUT2D eigenvalue weighted by molar-refractivity contribution is 5.93. The lowest BCUT2D eigenvalue weighted by Crippen LogP contribution is -2.61. The minimum absolute atomic E-state index is 0.0351. The molecule has 1 aromatic heterocycles. The summed E-state index contributed by atoms with van der Waals surface area (Å²) >= 11 is 0. The first-order valence-electron chi connectivity index (χ1n) is 12.7. The summed E-state index contributed by atoms with van der Waals surface area (Å²) in [7, 11) is 3.60. The van der Waals surface area contributed by atoms with Crippen LogP contribution in [0.1, 0.15) is 61.0 Å². The molecule has 0 unspecified atom stereocenters.